The third kappa shape index (κ3) is 4.17. The summed E-state index contributed by atoms with van der Waals surface area (Å²) in [4.78, 5) is 0. The monoisotopic (exact) mass is 307 g/mol. The fraction of sp³-hybridized carbons (Fsp3) is 0.400. The summed E-state index contributed by atoms with van der Waals surface area (Å²) >= 11 is 1.31. The first-order valence-corrected chi connectivity index (χ1v) is 7.56. The minimum atomic E-state index is -0.845. The van der Waals surface area contributed by atoms with Gasteiger partial charge < -0.3 is 20.9 Å². The summed E-state index contributed by atoms with van der Waals surface area (Å²) in [6.07, 6.45) is 0.561. The zero-order valence-corrected chi connectivity index (χ0v) is 13.1. The summed E-state index contributed by atoms with van der Waals surface area (Å²) in [5.41, 5.74) is 7.03. The Bertz CT molecular complexity index is 570. The highest BCUT2D eigenvalue weighted by molar-refractivity contribution is 7.11. The number of nitrogens with one attached hydrogen (secondary N) is 1. The highest BCUT2D eigenvalue weighted by Crippen LogP contribution is 2.36. The lowest BCUT2D eigenvalue weighted by Crippen LogP contribution is -2.34. The molecule has 6 heteroatoms. The number of nitrogen functional groups attached to an aromatic ring is 1. The zero-order valence-electron chi connectivity index (χ0n) is 12.3. The van der Waals surface area contributed by atoms with Crippen LogP contribution in [0.4, 0.5) is 10.8 Å². The molecule has 21 heavy (non-hydrogen) atoms. The van der Waals surface area contributed by atoms with Crippen LogP contribution < -0.4 is 11.1 Å². The van der Waals surface area contributed by atoms with Gasteiger partial charge in [-0.05, 0) is 24.0 Å². The summed E-state index contributed by atoms with van der Waals surface area (Å²) in [7, 11) is 1.63. The van der Waals surface area contributed by atoms with Crippen molar-refractivity contribution in [2.45, 2.75) is 18.9 Å². The third-order valence-electron chi connectivity index (χ3n) is 3.26. The van der Waals surface area contributed by atoms with Crippen molar-refractivity contribution in [3.63, 3.8) is 0 Å². The minimum absolute atomic E-state index is 0.415. The van der Waals surface area contributed by atoms with Crippen LogP contribution in [0.15, 0.2) is 30.3 Å². The van der Waals surface area contributed by atoms with Crippen LogP contribution in [0.25, 0.3) is 11.1 Å². The summed E-state index contributed by atoms with van der Waals surface area (Å²) < 4.78 is 9.22. The number of methoxy groups -OCH3 is 1. The maximum absolute atomic E-state index is 10.3. The number of hydrogen-bond acceptors (Lipinski definition) is 6. The highest BCUT2D eigenvalue weighted by Gasteiger charge is 2.21. The number of nitrogens with zero attached hydrogens (tertiary/aromatic N) is 1. The van der Waals surface area contributed by atoms with Gasteiger partial charge in [-0.1, -0.05) is 30.3 Å². The maximum Gasteiger partial charge on any atom is 0.147 e. The van der Waals surface area contributed by atoms with Crippen molar-refractivity contribution >= 4 is 22.4 Å². The van der Waals surface area contributed by atoms with Gasteiger partial charge in [-0.3, -0.25) is 0 Å². The Morgan fingerprint density at radius 2 is 2.10 bits per heavy atom. The van der Waals surface area contributed by atoms with E-state index < -0.39 is 5.60 Å². The van der Waals surface area contributed by atoms with Crippen molar-refractivity contribution in [2.24, 2.45) is 0 Å². The van der Waals surface area contributed by atoms with Crippen molar-refractivity contribution in [3.05, 3.63) is 30.3 Å². The molecule has 2 rings (SSSR count). The number of ether oxygens (including phenoxy) is 1. The van der Waals surface area contributed by atoms with E-state index in [1.807, 2.05) is 30.3 Å². The van der Waals surface area contributed by atoms with Crippen molar-refractivity contribution in [3.8, 4) is 11.1 Å². The van der Waals surface area contributed by atoms with Crippen LogP contribution in [0, 0.1) is 0 Å². The Balaban J connectivity index is 2.12. The minimum Gasteiger partial charge on any atom is -0.388 e. The molecule has 0 aliphatic carbocycles. The van der Waals surface area contributed by atoms with Gasteiger partial charge in [0.25, 0.3) is 0 Å². The van der Waals surface area contributed by atoms with Gasteiger partial charge in [0, 0.05) is 26.7 Å². The van der Waals surface area contributed by atoms with Gasteiger partial charge in [-0.2, -0.15) is 4.37 Å². The molecule has 114 valence electrons. The van der Waals surface area contributed by atoms with E-state index in [-0.39, 0.29) is 0 Å². The van der Waals surface area contributed by atoms with Crippen LogP contribution >= 0.6 is 11.5 Å². The second kappa shape index (κ2) is 6.89. The van der Waals surface area contributed by atoms with Crippen molar-refractivity contribution < 1.29 is 9.84 Å². The molecule has 1 aromatic carbocycles. The molecule has 1 unspecified atom stereocenters. The van der Waals surface area contributed by atoms with Gasteiger partial charge >= 0.3 is 0 Å². The normalized spacial score (nSPS) is 13.9. The average molecular weight is 307 g/mol. The average Bonchev–Trinajstić information content (AvgIpc) is 2.85. The van der Waals surface area contributed by atoms with Crippen molar-refractivity contribution in [2.75, 3.05) is 31.3 Å². The molecular weight excluding hydrogens is 286 g/mol. The first-order valence-electron chi connectivity index (χ1n) is 6.79. The van der Waals surface area contributed by atoms with E-state index >= 15 is 0 Å². The Morgan fingerprint density at radius 1 is 1.38 bits per heavy atom. The molecule has 4 N–H and O–H groups in total. The van der Waals surface area contributed by atoms with E-state index in [1.54, 1.807) is 14.0 Å². The number of aliphatic hydroxyl groups is 1. The SMILES string of the molecule is COCCC(C)(O)CNc1snc(N)c1-c1ccccc1. The first kappa shape index (κ1) is 15.8. The zero-order chi connectivity index (χ0) is 15.3. The molecule has 0 radical (unpaired) electrons. The number of aromatic nitrogens is 1. The Labute approximate surface area is 128 Å². The molecule has 0 spiro atoms. The smallest absolute Gasteiger partial charge is 0.147 e. The number of nitrogens with two attached hydrogens (primary N) is 1. The van der Waals surface area contributed by atoms with Crippen molar-refractivity contribution in [1.29, 1.82) is 0 Å². The number of benzene rings is 1. The van der Waals surface area contributed by atoms with E-state index in [0.717, 1.165) is 16.1 Å². The largest absolute Gasteiger partial charge is 0.388 e. The first-order chi connectivity index (χ1) is 10.0. The van der Waals surface area contributed by atoms with Gasteiger partial charge in [-0.15, -0.1) is 0 Å². The summed E-state index contributed by atoms with van der Waals surface area (Å²) in [5.74, 6) is 0.505. The summed E-state index contributed by atoms with van der Waals surface area (Å²) in [6.45, 7) is 2.72. The highest BCUT2D eigenvalue weighted by atomic mass is 32.1. The molecule has 1 atom stereocenters. The molecule has 0 saturated carbocycles. The summed E-state index contributed by atoms with van der Waals surface area (Å²) in [5, 5.41) is 14.4. The Hall–Kier alpha value is -1.63. The predicted molar refractivity (Wildman–Crippen MR) is 87.6 cm³/mol. The van der Waals surface area contributed by atoms with E-state index in [2.05, 4.69) is 9.69 Å². The molecule has 0 fully saturated rings. The standard InChI is InChI=1S/C15H21N3O2S/c1-15(19,8-9-20-2)10-17-14-12(13(16)18-21-14)11-6-4-3-5-7-11/h3-7,17,19H,8-10H2,1-2H3,(H2,16,18). The Kier molecular flexibility index (Phi) is 5.17. The fourth-order valence-electron chi connectivity index (χ4n) is 1.99. The number of anilines is 2. The lowest BCUT2D eigenvalue weighted by Gasteiger charge is -2.23. The van der Waals surface area contributed by atoms with E-state index in [4.69, 9.17) is 10.5 Å². The van der Waals surface area contributed by atoms with Gasteiger partial charge in [0.15, 0.2) is 0 Å². The second-order valence-corrected chi connectivity index (χ2v) is 6.00. The predicted octanol–water partition coefficient (Wildman–Crippen LogP) is 2.59. The molecule has 0 aliphatic rings. The van der Waals surface area contributed by atoms with Crippen LogP contribution in [0.3, 0.4) is 0 Å². The van der Waals surface area contributed by atoms with Crippen LogP contribution in [0.2, 0.25) is 0 Å². The quantitative estimate of drug-likeness (QED) is 0.732. The molecule has 2 aromatic rings. The van der Waals surface area contributed by atoms with E-state index in [1.165, 1.54) is 11.5 Å². The third-order valence-corrected chi connectivity index (χ3v) is 4.07. The second-order valence-electron chi connectivity index (χ2n) is 5.23. The Morgan fingerprint density at radius 3 is 2.76 bits per heavy atom. The maximum atomic E-state index is 10.3. The number of hydrogen-bond donors (Lipinski definition) is 3. The molecular formula is C15H21N3O2S. The summed E-state index contributed by atoms with van der Waals surface area (Å²) in [6, 6.07) is 9.88. The van der Waals surface area contributed by atoms with Gasteiger partial charge in [0.1, 0.15) is 10.8 Å². The van der Waals surface area contributed by atoms with E-state index in [9.17, 15) is 5.11 Å². The van der Waals surface area contributed by atoms with Gasteiger partial charge in [0.05, 0.1) is 11.2 Å². The van der Waals surface area contributed by atoms with Gasteiger partial charge in [-0.25, -0.2) is 0 Å². The topological polar surface area (TPSA) is 80.4 Å². The molecule has 0 bridgehead atoms. The fourth-order valence-corrected chi connectivity index (χ4v) is 2.72. The van der Waals surface area contributed by atoms with E-state index in [0.29, 0.717) is 25.4 Å². The van der Waals surface area contributed by atoms with Crippen LogP contribution in [-0.4, -0.2) is 35.3 Å². The lowest BCUT2D eigenvalue weighted by atomic mass is 10.0. The lowest BCUT2D eigenvalue weighted by molar-refractivity contribution is 0.0358. The van der Waals surface area contributed by atoms with Crippen molar-refractivity contribution in [1.82, 2.24) is 4.37 Å². The molecule has 5 nitrogen and oxygen atoms in total. The molecule has 0 amide bonds. The van der Waals surface area contributed by atoms with Crippen LogP contribution in [0.5, 0.6) is 0 Å². The molecule has 0 aliphatic heterocycles. The molecule has 0 saturated heterocycles. The van der Waals surface area contributed by atoms with Gasteiger partial charge in [0.2, 0.25) is 0 Å². The van der Waals surface area contributed by atoms with Crippen LogP contribution in [-0.2, 0) is 4.74 Å². The molecule has 1 heterocycles. The molecule has 1 aromatic heterocycles. The van der Waals surface area contributed by atoms with Crippen LogP contribution in [0.1, 0.15) is 13.3 Å². The number of rotatable bonds is 7.